The van der Waals surface area contributed by atoms with Crippen LogP contribution in [0.2, 0.25) is 0 Å². The van der Waals surface area contributed by atoms with Gasteiger partial charge in [-0.1, -0.05) is 6.07 Å². The van der Waals surface area contributed by atoms with Crippen LogP contribution in [-0.4, -0.2) is 54.8 Å². The summed E-state index contributed by atoms with van der Waals surface area (Å²) >= 11 is 0. The molecule has 0 aliphatic carbocycles. The third-order valence-electron chi connectivity index (χ3n) is 6.65. The minimum absolute atomic E-state index is 0.0993. The molecule has 0 saturated carbocycles. The molecule has 2 atom stereocenters. The van der Waals surface area contributed by atoms with Gasteiger partial charge in [-0.05, 0) is 43.5 Å². The molecule has 5 rings (SSSR count). The topological polar surface area (TPSA) is 81.8 Å². The molecule has 0 aromatic heterocycles. The van der Waals surface area contributed by atoms with Crippen molar-refractivity contribution in [2.24, 2.45) is 5.41 Å². The molecule has 1 spiro atoms. The molecule has 2 N–H and O–H groups in total. The normalized spacial score (nSPS) is 30.4. The summed E-state index contributed by atoms with van der Waals surface area (Å²) in [6.45, 7) is 4.66. The number of nitrogens with zero attached hydrogens (tertiary/aromatic N) is 2. The van der Waals surface area contributed by atoms with E-state index in [9.17, 15) is 14.4 Å². The zero-order valence-corrected chi connectivity index (χ0v) is 15.3. The van der Waals surface area contributed by atoms with Gasteiger partial charge in [0.05, 0.1) is 0 Å². The molecule has 3 saturated heterocycles. The predicted octanol–water partition coefficient (Wildman–Crippen LogP) is 0.637. The Morgan fingerprint density at radius 2 is 2.04 bits per heavy atom. The van der Waals surface area contributed by atoms with E-state index in [1.165, 1.54) is 12.8 Å². The van der Waals surface area contributed by atoms with E-state index in [0.29, 0.717) is 23.9 Å². The van der Waals surface area contributed by atoms with Crippen LogP contribution in [0.1, 0.15) is 41.6 Å². The lowest BCUT2D eigenvalue weighted by Crippen LogP contribution is -2.52. The molecule has 3 amide bonds. The fraction of sp³-hybridized carbons (Fsp3) is 0.550. The van der Waals surface area contributed by atoms with Crippen molar-refractivity contribution in [3.8, 4) is 0 Å². The van der Waals surface area contributed by atoms with Crippen LogP contribution in [0.3, 0.4) is 0 Å². The van der Waals surface area contributed by atoms with Crippen LogP contribution in [0, 0.1) is 5.41 Å². The number of amides is 3. The van der Waals surface area contributed by atoms with Crippen molar-refractivity contribution in [2.45, 2.75) is 38.3 Å². The Morgan fingerprint density at radius 3 is 2.81 bits per heavy atom. The number of piperidine rings is 1. The van der Waals surface area contributed by atoms with E-state index in [4.69, 9.17) is 0 Å². The van der Waals surface area contributed by atoms with Gasteiger partial charge in [-0.25, -0.2) is 0 Å². The number of rotatable bonds is 2. The average molecular weight is 368 g/mol. The number of carbonyl (C=O) groups excluding carboxylic acids is 3. The van der Waals surface area contributed by atoms with Gasteiger partial charge in [0.25, 0.3) is 5.91 Å². The van der Waals surface area contributed by atoms with E-state index in [2.05, 4.69) is 21.6 Å². The first-order chi connectivity index (χ1) is 13.0. The van der Waals surface area contributed by atoms with Crippen LogP contribution in [-0.2, 0) is 16.1 Å². The third-order valence-corrected chi connectivity index (χ3v) is 6.65. The molecule has 0 bridgehead atoms. The number of imide groups is 1. The van der Waals surface area contributed by atoms with Crippen molar-refractivity contribution in [3.05, 3.63) is 29.3 Å². The largest absolute Gasteiger partial charge is 0.371 e. The highest BCUT2D eigenvalue weighted by atomic mass is 16.2. The molecule has 1 aromatic carbocycles. The Hall–Kier alpha value is -2.41. The minimum atomic E-state index is -0.550. The molecule has 2 unspecified atom stereocenters. The van der Waals surface area contributed by atoms with Gasteiger partial charge >= 0.3 is 0 Å². The molecule has 7 heteroatoms. The Kier molecular flexibility index (Phi) is 3.75. The van der Waals surface area contributed by atoms with Crippen LogP contribution < -0.4 is 15.5 Å². The lowest BCUT2D eigenvalue weighted by molar-refractivity contribution is -0.136. The second-order valence-corrected chi connectivity index (χ2v) is 8.34. The maximum Gasteiger partial charge on any atom is 0.255 e. The number of hydrogen-bond donors (Lipinski definition) is 2. The molecule has 4 aliphatic heterocycles. The van der Waals surface area contributed by atoms with E-state index < -0.39 is 6.04 Å². The summed E-state index contributed by atoms with van der Waals surface area (Å²) in [4.78, 5) is 40.5. The van der Waals surface area contributed by atoms with Crippen molar-refractivity contribution >= 4 is 23.4 Å². The SMILES string of the molecule is O=C1CCC(N2Cc3ccc(N4CCC5(CCNC5)C4)cc3C2=O)C(=O)N1. The van der Waals surface area contributed by atoms with Crippen molar-refractivity contribution in [2.75, 3.05) is 31.1 Å². The summed E-state index contributed by atoms with van der Waals surface area (Å²) in [6, 6.07) is 5.56. The number of carbonyl (C=O) groups is 3. The first-order valence-electron chi connectivity index (χ1n) is 9.78. The van der Waals surface area contributed by atoms with Crippen LogP contribution >= 0.6 is 0 Å². The van der Waals surface area contributed by atoms with Crippen molar-refractivity contribution in [3.63, 3.8) is 0 Å². The zero-order chi connectivity index (χ0) is 18.6. The summed E-state index contributed by atoms with van der Waals surface area (Å²) in [5, 5.41) is 5.83. The number of fused-ring (bicyclic) bond motifs is 1. The maximum atomic E-state index is 13.0. The summed E-state index contributed by atoms with van der Waals surface area (Å²) in [7, 11) is 0. The molecule has 0 radical (unpaired) electrons. The van der Waals surface area contributed by atoms with Gasteiger partial charge in [-0.2, -0.15) is 0 Å². The molecule has 3 fully saturated rings. The Balaban J connectivity index is 1.35. The Morgan fingerprint density at radius 1 is 1.15 bits per heavy atom. The molecular weight excluding hydrogens is 344 g/mol. The molecule has 27 heavy (non-hydrogen) atoms. The second-order valence-electron chi connectivity index (χ2n) is 8.34. The number of anilines is 1. The molecule has 7 nitrogen and oxygen atoms in total. The fourth-order valence-corrected chi connectivity index (χ4v) is 5.04. The summed E-state index contributed by atoms with van der Waals surface area (Å²) in [5.41, 5.74) is 3.13. The summed E-state index contributed by atoms with van der Waals surface area (Å²) in [6.07, 6.45) is 3.09. The highest BCUT2D eigenvalue weighted by molar-refractivity contribution is 6.05. The van der Waals surface area contributed by atoms with Gasteiger partial charge in [0.2, 0.25) is 11.8 Å². The van der Waals surface area contributed by atoms with E-state index in [1.807, 2.05) is 12.1 Å². The summed E-state index contributed by atoms with van der Waals surface area (Å²) < 4.78 is 0. The highest BCUT2D eigenvalue weighted by Crippen LogP contribution is 2.39. The van der Waals surface area contributed by atoms with E-state index in [-0.39, 0.29) is 24.1 Å². The van der Waals surface area contributed by atoms with Gasteiger partial charge < -0.3 is 15.1 Å². The number of benzene rings is 1. The monoisotopic (exact) mass is 368 g/mol. The van der Waals surface area contributed by atoms with Gasteiger partial charge in [0.15, 0.2) is 0 Å². The maximum absolute atomic E-state index is 13.0. The molecule has 4 aliphatic rings. The second kappa shape index (κ2) is 6.05. The summed E-state index contributed by atoms with van der Waals surface area (Å²) in [5.74, 6) is -0.715. The first kappa shape index (κ1) is 16.7. The van der Waals surface area contributed by atoms with Crippen LogP contribution in [0.5, 0.6) is 0 Å². The predicted molar refractivity (Wildman–Crippen MR) is 99.2 cm³/mol. The average Bonchev–Trinajstić information content (AvgIpc) is 3.36. The van der Waals surface area contributed by atoms with Crippen molar-refractivity contribution in [1.29, 1.82) is 0 Å². The lowest BCUT2D eigenvalue weighted by Gasteiger charge is -2.29. The van der Waals surface area contributed by atoms with E-state index >= 15 is 0 Å². The van der Waals surface area contributed by atoms with Crippen molar-refractivity contribution < 1.29 is 14.4 Å². The molecule has 142 valence electrons. The number of hydrogen-bond acceptors (Lipinski definition) is 5. The van der Waals surface area contributed by atoms with Gasteiger partial charge in [-0.15, -0.1) is 0 Å². The molecular formula is C20H24N4O3. The highest BCUT2D eigenvalue weighted by Gasteiger charge is 2.42. The zero-order valence-electron chi connectivity index (χ0n) is 15.3. The third kappa shape index (κ3) is 2.72. The molecule has 4 heterocycles. The van der Waals surface area contributed by atoms with Crippen LogP contribution in [0.25, 0.3) is 0 Å². The smallest absolute Gasteiger partial charge is 0.255 e. The van der Waals surface area contributed by atoms with E-state index in [0.717, 1.165) is 37.4 Å². The van der Waals surface area contributed by atoms with Gasteiger partial charge in [-0.3, -0.25) is 19.7 Å². The lowest BCUT2D eigenvalue weighted by atomic mass is 9.86. The quantitative estimate of drug-likeness (QED) is 0.749. The van der Waals surface area contributed by atoms with Gasteiger partial charge in [0, 0.05) is 49.3 Å². The Bertz CT molecular complexity index is 831. The number of nitrogens with one attached hydrogen (secondary N) is 2. The van der Waals surface area contributed by atoms with E-state index in [1.54, 1.807) is 4.90 Å². The van der Waals surface area contributed by atoms with Crippen LogP contribution in [0.15, 0.2) is 18.2 Å². The Labute approximate surface area is 158 Å². The fourth-order valence-electron chi connectivity index (χ4n) is 5.04. The van der Waals surface area contributed by atoms with Crippen LogP contribution in [0.4, 0.5) is 5.69 Å². The standard InChI is InChI=1S/C20H24N4O3/c25-17-4-3-16(18(26)22-17)24-10-13-1-2-14(9-15(13)19(24)27)23-8-6-20(12-23)5-7-21-11-20/h1-2,9,16,21H,3-8,10-12H2,(H,22,25,26). The van der Waals surface area contributed by atoms with Crippen molar-refractivity contribution in [1.82, 2.24) is 15.5 Å². The molecule has 1 aromatic rings. The minimum Gasteiger partial charge on any atom is -0.371 e. The first-order valence-corrected chi connectivity index (χ1v) is 9.78. The van der Waals surface area contributed by atoms with Gasteiger partial charge in [0.1, 0.15) is 6.04 Å².